The van der Waals surface area contributed by atoms with Gasteiger partial charge >= 0.3 is 0 Å². The van der Waals surface area contributed by atoms with Gasteiger partial charge in [-0.25, -0.2) is 0 Å². The van der Waals surface area contributed by atoms with Gasteiger partial charge in [0.25, 0.3) is 0 Å². The molecule has 5 nitrogen and oxygen atoms in total. The fourth-order valence-electron chi connectivity index (χ4n) is 2.18. The van der Waals surface area contributed by atoms with Gasteiger partial charge in [-0.2, -0.15) is 0 Å². The molecule has 1 aromatic heterocycles. The summed E-state index contributed by atoms with van der Waals surface area (Å²) in [5, 5.41) is 16.7. The van der Waals surface area contributed by atoms with E-state index in [1.807, 2.05) is 4.57 Å². The molecule has 0 saturated carbocycles. The normalized spacial score (nSPS) is 22.4. The number of rotatable bonds is 4. The molecule has 0 aliphatic carbocycles. The van der Waals surface area contributed by atoms with Crippen molar-refractivity contribution in [3.05, 3.63) is 12.2 Å². The molecule has 0 amide bonds. The Labute approximate surface area is 89.7 Å². The third-order valence-corrected chi connectivity index (χ3v) is 3.11. The molecule has 1 unspecified atom stereocenters. The molecule has 15 heavy (non-hydrogen) atoms. The van der Waals surface area contributed by atoms with Crippen LogP contribution in [0.2, 0.25) is 0 Å². The van der Waals surface area contributed by atoms with Crippen LogP contribution < -0.4 is 0 Å². The minimum absolute atomic E-state index is 0.0236. The Balaban J connectivity index is 1.92. The SMILES string of the molecule is CCN1CCC(Cn2cnnc2CO)C1. The van der Waals surface area contributed by atoms with Crippen LogP contribution in [0, 0.1) is 5.92 Å². The standard InChI is InChI=1S/C10H18N4O/c1-2-13-4-3-9(5-13)6-14-8-11-12-10(14)7-15/h8-9,15H,2-7H2,1H3. The van der Waals surface area contributed by atoms with Crippen molar-refractivity contribution in [2.75, 3.05) is 19.6 Å². The van der Waals surface area contributed by atoms with Crippen molar-refractivity contribution in [3.63, 3.8) is 0 Å². The lowest BCUT2D eigenvalue weighted by molar-refractivity contribution is 0.260. The van der Waals surface area contributed by atoms with Crippen LogP contribution >= 0.6 is 0 Å². The fraction of sp³-hybridized carbons (Fsp3) is 0.800. The quantitative estimate of drug-likeness (QED) is 0.766. The van der Waals surface area contributed by atoms with Crippen LogP contribution in [0.5, 0.6) is 0 Å². The first kappa shape index (κ1) is 10.6. The first-order chi connectivity index (χ1) is 7.33. The number of aliphatic hydroxyl groups is 1. The molecule has 0 bridgehead atoms. The highest BCUT2D eigenvalue weighted by Gasteiger charge is 2.22. The molecule has 1 aliphatic rings. The van der Waals surface area contributed by atoms with Crippen molar-refractivity contribution >= 4 is 0 Å². The highest BCUT2D eigenvalue weighted by atomic mass is 16.3. The largest absolute Gasteiger partial charge is 0.388 e. The van der Waals surface area contributed by atoms with Crippen LogP contribution in [0.15, 0.2) is 6.33 Å². The molecule has 1 fully saturated rings. The number of hydrogen-bond donors (Lipinski definition) is 1. The third kappa shape index (κ3) is 2.35. The number of aromatic nitrogens is 3. The van der Waals surface area contributed by atoms with E-state index >= 15 is 0 Å². The predicted octanol–water partition coefficient (Wildman–Crippen LogP) is 0.112. The van der Waals surface area contributed by atoms with Crippen LogP contribution in [0.25, 0.3) is 0 Å². The van der Waals surface area contributed by atoms with Gasteiger partial charge < -0.3 is 14.6 Å². The molecule has 2 heterocycles. The first-order valence-electron chi connectivity index (χ1n) is 5.53. The number of hydrogen-bond acceptors (Lipinski definition) is 4. The molecule has 0 radical (unpaired) electrons. The van der Waals surface area contributed by atoms with Crippen LogP contribution in [-0.4, -0.2) is 44.4 Å². The molecule has 2 rings (SSSR count). The van der Waals surface area contributed by atoms with Crippen LogP contribution in [0.1, 0.15) is 19.2 Å². The second-order valence-electron chi connectivity index (χ2n) is 4.11. The summed E-state index contributed by atoms with van der Waals surface area (Å²) in [6.45, 7) is 6.58. The zero-order valence-electron chi connectivity index (χ0n) is 9.13. The summed E-state index contributed by atoms with van der Waals surface area (Å²) in [5.74, 6) is 1.34. The molecule has 1 aliphatic heterocycles. The van der Waals surface area contributed by atoms with Gasteiger partial charge in [0.2, 0.25) is 0 Å². The number of aliphatic hydroxyl groups excluding tert-OH is 1. The summed E-state index contributed by atoms with van der Waals surface area (Å²) < 4.78 is 1.96. The monoisotopic (exact) mass is 210 g/mol. The van der Waals surface area contributed by atoms with Crippen LogP contribution in [-0.2, 0) is 13.2 Å². The zero-order valence-corrected chi connectivity index (χ0v) is 9.13. The molecule has 84 valence electrons. The maximum absolute atomic E-state index is 9.05. The topological polar surface area (TPSA) is 54.2 Å². The van der Waals surface area contributed by atoms with Crippen molar-refractivity contribution in [1.82, 2.24) is 19.7 Å². The van der Waals surface area contributed by atoms with Crippen molar-refractivity contribution in [2.24, 2.45) is 5.92 Å². The number of likely N-dealkylation sites (tertiary alicyclic amines) is 1. The lowest BCUT2D eigenvalue weighted by Gasteiger charge is -2.13. The van der Waals surface area contributed by atoms with Crippen molar-refractivity contribution in [3.8, 4) is 0 Å². The lowest BCUT2D eigenvalue weighted by Crippen LogP contribution is -2.21. The predicted molar refractivity (Wildman–Crippen MR) is 56.2 cm³/mol. The lowest BCUT2D eigenvalue weighted by atomic mass is 10.1. The third-order valence-electron chi connectivity index (χ3n) is 3.11. The van der Waals surface area contributed by atoms with Crippen molar-refractivity contribution in [2.45, 2.75) is 26.5 Å². The molecule has 5 heteroatoms. The Morgan fingerprint density at radius 3 is 3.13 bits per heavy atom. The van der Waals surface area contributed by atoms with E-state index in [2.05, 4.69) is 22.0 Å². The van der Waals surface area contributed by atoms with E-state index in [1.54, 1.807) is 6.33 Å². The molecule has 0 spiro atoms. The Morgan fingerprint density at radius 1 is 1.60 bits per heavy atom. The Hall–Kier alpha value is -0.940. The van der Waals surface area contributed by atoms with E-state index in [1.165, 1.54) is 13.0 Å². The van der Waals surface area contributed by atoms with E-state index in [-0.39, 0.29) is 6.61 Å². The first-order valence-corrected chi connectivity index (χ1v) is 5.53. The average molecular weight is 210 g/mol. The smallest absolute Gasteiger partial charge is 0.158 e. The molecule has 1 aromatic rings. The summed E-state index contributed by atoms with van der Waals surface area (Å²) in [6, 6.07) is 0. The highest BCUT2D eigenvalue weighted by molar-refractivity contribution is 4.85. The average Bonchev–Trinajstić information content (AvgIpc) is 2.87. The summed E-state index contributed by atoms with van der Waals surface area (Å²) in [7, 11) is 0. The van der Waals surface area contributed by atoms with Gasteiger partial charge in [-0.05, 0) is 25.4 Å². The molecule has 0 aromatic carbocycles. The summed E-state index contributed by atoms with van der Waals surface area (Å²) in [5.41, 5.74) is 0. The maximum Gasteiger partial charge on any atom is 0.158 e. The highest BCUT2D eigenvalue weighted by Crippen LogP contribution is 2.17. The van der Waals surface area contributed by atoms with Gasteiger partial charge in [0, 0.05) is 13.1 Å². The van der Waals surface area contributed by atoms with E-state index in [4.69, 9.17) is 5.11 Å². The van der Waals surface area contributed by atoms with Gasteiger partial charge in [-0.1, -0.05) is 6.92 Å². The number of nitrogens with zero attached hydrogens (tertiary/aromatic N) is 4. The Morgan fingerprint density at radius 2 is 2.47 bits per heavy atom. The Kier molecular flexibility index (Phi) is 3.33. The second kappa shape index (κ2) is 4.72. The molecule has 1 N–H and O–H groups in total. The summed E-state index contributed by atoms with van der Waals surface area (Å²) in [4.78, 5) is 2.45. The van der Waals surface area contributed by atoms with Gasteiger partial charge in [0.15, 0.2) is 5.82 Å². The fourth-order valence-corrected chi connectivity index (χ4v) is 2.18. The molecular formula is C10H18N4O. The molecular weight excluding hydrogens is 192 g/mol. The van der Waals surface area contributed by atoms with E-state index in [0.717, 1.165) is 19.6 Å². The van der Waals surface area contributed by atoms with Gasteiger partial charge in [0.05, 0.1) is 0 Å². The van der Waals surface area contributed by atoms with E-state index in [9.17, 15) is 0 Å². The van der Waals surface area contributed by atoms with E-state index in [0.29, 0.717) is 11.7 Å². The van der Waals surface area contributed by atoms with Gasteiger partial charge in [-0.15, -0.1) is 10.2 Å². The van der Waals surface area contributed by atoms with Crippen molar-refractivity contribution < 1.29 is 5.11 Å². The van der Waals surface area contributed by atoms with Crippen LogP contribution in [0.3, 0.4) is 0 Å². The minimum Gasteiger partial charge on any atom is -0.388 e. The summed E-state index contributed by atoms with van der Waals surface area (Å²) >= 11 is 0. The van der Waals surface area contributed by atoms with Crippen molar-refractivity contribution in [1.29, 1.82) is 0 Å². The Bertz CT molecular complexity index is 312. The van der Waals surface area contributed by atoms with Gasteiger partial charge in [-0.3, -0.25) is 0 Å². The summed E-state index contributed by atoms with van der Waals surface area (Å²) in [6.07, 6.45) is 2.94. The second-order valence-corrected chi connectivity index (χ2v) is 4.11. The maximum atomic E-state index is 9.05. The zero-order chi connectivity index (χ0) is 10.7. The molecule has 1 atom stereocenters. The van der Waals surface area contributed by atoms with E-state index < -0.39 is 0 Å². The minimum atomic E-state index is -0.0236. The van der Waals surface area contributed by atoms with Gasteiger partial charge in [0.1, 0.15) is 12.9 Å². The van der Waals surface area contributed by atoms with Crippen LogP contribution in [0.4, 0.5) is 0 Å². The molecule has 1 saturated heterocycles.